The molecule has 0 saturated carbocycles. The van der Waals surface area contributed by atoms with E-state index < -0.39 is 5.97 Å². The van der Waals surface area contributed by atoms with Gasteiger partial charge in [0.15, 0.2) is 0 Å². The number of methoxy groups -OCH3 is 1. The Kier molecular flexibility index (Phi) is 5.69. The van der Waals surface area contributed by atoms with E-state index in [9.17, 15) is 9.59 Å². The topological polar surface area (TPSA) is 52.6 Å². The highest BCUT2D eigenvalue weighted by molar-refractivity contribution is 5.97. The zero-order valence-electron chi connectivity index (χ0n) is 13.1. The van der Waals surface area contributed by atoms with E-state index in [2.05, 4.69) is 0 Å². The summed E-state index contributed by atoms with van der Waals surface area (Å²) in [5, 5.41) is 0. The molecule has 2 aromatic carbocycles. The molecule has 0 radical (unpaired) electrons. The van der Waals surface area contributed by atoms with Crippen LogP contribution in [0, 0.1) is 0 Å². The van der Waals surface area contributed by atoms with Crippen LogP contribution >= 0.6 is 0 Å². The van der Waals surface area contributed by atoms with Gasteiger partial charge in [-0.15, -0.1) is 0 Å². The van der Waals surface area contributed by atoms with Crippen molar-refractivity contribution in [3.63, 3.8) is 0 Å². The number of esters is 2. The Morgan fingerprint density at radius 3 is 2.04 bits per heavy atom. The Hall–Kier alpha value is -2.88. The Morgan fingerprint density at radius 2 is 1.48 bits per heavy atom. The van der Waals surface area contributed by atoms with E-state index in [1.165, 1.54) is 13.2 Å². The van der Waals surface area contributed by atoms with Crippen molar-refractivity contribution in [1.82, 2.24) is 0 Å². The zero-order chi connectivity index (χ0) is 16.7. The lowest BCUT2D eigenvalue weighted by Gasteiger charge is -2.09. The van der Waals surface area contributed by atoms with Crippen molar-refractivity contribution in [2.24, 2.45) is 0 Å². The van der Waals surface area contributed by atoms with Gasteiger partial charge in [-0.3, -0.25) is 0 Å². The van der Waals surface area contributed by atoms with Gasteiger partial charge < -0.3 is 9.47 Å². The van der Waals surface area contributed by atoms with Gasteiger partial charge in [0.2, 0.25) is 0 Å². The third-order valence-corrected chi connectivity index (χ3v) is 3.26. The average molecular weight is 310 g/mol. The molecule has 2 rings (SSSR count). The van der Waals surface area contributed by atoms with Gasteiger partial charge in [0.1, 0.15) is 0 Å². The van der Waals surface area contributed by atoms with E-state index in [1.54, 1.807) is 31.2 Å². The minimum atomic E-state index is -0.432. The standard InChI is InChI=1S/C19H18O4/c1-3-23-19(21)16-11-9-15(10-12-16)17(13-18(20)22-2)14-7-5-4-6-8-14/h4-13H,3H2,1-2H3/b17-13-. The van der Waals surface area contributed by atoms with E-state index in [1.807, 2.05) is 30.3 Å². The summed E-state index contributed by atoms with van der Waals surface area (Å²) in [6, 6.07) is 16.5. The van der Waals surface area contributed by atoms with Crippen molar-refractivity contribution in [1.29, 1.82) is 0 Å². The first-order valence-corrected chi connectivity index (χ1v) is 7.28. The molecule has 0 aliphatic carbocycles. The maximum absolute atomic E-state index is 11.7. The third kappa shape index (κ3) is 4.30. The molecule has 0 aromatic heterocycles. The molecule has 0 fully saturated rings. The molecule has 0 heterocycles. The summed E-state index contributed by atoms with van der Waals surface area (Å²) in [5.74, 6) is -0.796. The summed E-state index contributed by atoms with van der Waals surface area (Å²) in [7, 11) is 1.34. The Labute approximate surface area is 135 Å². The number of rotatable bonds is 5. The molecule has 0 unspecified atom stereocenters. The van der Waals surface area contributed by atoms with E-state index in [0.717, 1.165) is 16.7 Å². The average Bonchev–Trinajstić information content (AvgIpc) is 2.60. The maximum atomic E-state index is 11.7. The molecular weight excluding hydrogens is 292 g/mol. The van der Waals surface area contributed by atoms with Crippen LogP contribution in [0.4, 0.5) is 0 Å². The predicted octanol–water partition coefficient (Wildman–Crippen LogP) is 3.47. The monoisotopic (exact) mass is 310 g/mol. The minimum absolute atomic E-state index is 0.331. The minimum Gasteiger partial charge on any atom is -0.466 e. The Morgan fingerprint density at radius 1 is 0.913 bits per heavy atom. The summed E-state index contributed by atoms with van der Waals surface area (Å²) in [6.45, 7) is 2.09. The normalized spacial score (nSPS) is 11.0. The molecule has 0 amide bonds. The summed E-state index contributed by atoms with van der Waals surface area (Å²) >= 11 is 0. The van der Waals surface area contributed by atoms with Crippen molar-refractivity contribution < 1.29 is 19.1 Å². The van der Waals surface area contributed by atoms with Crippen LogP contribution in [0.15, 0.2) is 60.7 Å². The first kappa shape index (κ1) is 16.5. The zero-order valence-corrected chi connectivity index (χ0v) is 13.1. The number of carbonyl (C=O) groups excluding carboxylic acids is 2. The highest BCUT2D eigenvalue weighted by atomic mass is 16.5. The first-order valence-electron chi connectivity index (χ1n) is 7.28. The second-order valence-electron chi connectivity index (χ2n) is 4.75. The number of hydrogen-bond donors (Lipinski definition) is 0. The van der Waals surface area contributed by atoms with Crippen molar-refractivity contribution in [3.05, 3.63) is 77.4 Å². The van der Waals surface area contributed by atoms with Gasteiger partial charge in [0.25, 0.3) is 0 Å². The molecule has 0 N–H and O–H groups in total. The molecule has 0 spiro atoms. The number of carbonyl (C=O) groups is 2. The fraction of sp³-hybridized carbons (Fsp3) is 0.158. The molecule has 0 atom stereocenters. The van der Waals surface area contributed by atoms with Crippen LogP contribution in [0.1, 0.15) is 28.4 Å². The van der Waals surface area contributed by atoms with Crippen LogP contribution in [0.3, 0.4) is 0 Å². The lowest BCUT2D eigenvalue weighted by molar-refractivity contribution is -0.134. The molecule has 23 heavy (non-hydrogen) atoms. The van der Waals surface area contributed by atoms with Gasteiger partial charge in [-0.2, -0.15) is 0 Å². The Bertz CT molecular complexity index is 700. The summed E-state index contributed by atoms with van der Waals surface area (Å²) < 4.78 is 9.70. The maximum Gasteiger partial charge on any atom is 0.338 e. The van der Waals surface area contributed by atoms with Crippen molar-refractivity contribution in [2.45, 2.75) is 6.92 Å². The molecule has 118 valence electrons. The van der Waals surface area contributed by atoms with Crippen LogP contribution in [-0.4, -0.2) is 25.7 Å². The molecule has 0 saturated heterocycles. The van der Waals surface area contributed by atoms with Gasteiger partial charge in [-0.25, -0.2) is 9.59 Å². The van der Waals surface area contributed by atoms with Gasteiger partial charge in [-0.05, 0) is 35.8 Å². The first-order chi connectivity index (χ1) is 11.2. The second-order valence-corrected chi connectivity index (χ2v) is 4.75. The SMILES string of the molecule is CCOC(=O)c1ccc(/C(=C\C(=O)OC)c2ccccc2)cc1. The molecule has 4 heteroatoms. The van der Waals surface area contributed by atoms with E-state index in [4.69, 9.17) is 9.47 Å². The summed E-state index contributed by atoms with van der Waals surface area (Å²) in [6.07, 6.45) is 1.44. The van der Waals surface area contributed by atoms with E-state index in [-0.39, 0.29) is 5.97 Å². The van der Waals surface area contributed by atoms with Gasteiger partial charge in [0, 0.05) is 6.08 Å². The molecule has 4 nitrogen and oxygen atoms in total. The van der Waals surface area contributed by atoms with Crippen molar-refractivity contribution in [2.75, 3.05) is 13.7 Å². The fourth-order valence-corrected chi connectivity index (χ4v) is 2.13. The van der Waals surface area contributed by atoms with Crippen LogP contribution in [0.25, 0.3) is 5.57 Å². The third-order valence-electron chi connectivity index (χ3n) is 3.26. The quantitative estimate of drug-likeness (QED) is 0.627. The molecule has 2 aromatic rings. The molecule has 0 bridgehead atoms. The van der Waals surface area contributed by atoms with Gasteiger partial charge in [-0.1, -0.05) is 42.5 Å². The molecule has 0 aliphatic heterocycles. The van der Waals surface area contributed by atoms with Gasteiger partial charge in [0.05, 0.1) is 19.3 Å². The van der Waals surface area contributed by atoms with Crippen LogP contribution < -0.4 is 0 Å². The summed E-state index contributed by atoms with van der Waals surface area (Å²) in [4.78, 5) is 23.4. The lowest BCUT2D eigenvalue weighted by Crippen LogP contribution is -2.04. The number of hydrogen-bond acceptors (Lipinski definition) is 4. The van der Waals surface area contributed by atoms with Crippen molar-refractivity contribution in [3.8, 4) is 0 Å². The number of benzene rings is 2. The van der Waals surface area contributed by atoms with Gasteiger partial charge >= 0.3 is 11.9 Å². The van der Waals surface area contributed by atoms with Crippen LogP contribution in [0.5, 0.6) is 0 Å². The van der Waals surface area contributed by atoms with E-state index >= 15 is 0 Å². The largest absolute Gasteiger partial charge is 0.466 e. The lowest BCUT2D eigenvalue weighted by atomic mass is 9.96. The van der Waals surface area contributed by atoms with E-state index in [0.29, 0.717) is 12.2 Å². The smallest absolute Gasteiger partial charge is 0.338 e. The highest BCUT2D eigenvalue weighted by Gasteiger charge is 2.10. The predicted molar refractivity (Wildman–Crippen MR) is 87.9 cm³/mol. The second kappa shape index (κ2) is 7.94. The number of ether oxygens (including phenoxy) is 2. The molecular formula is C19H18O4. The molecule has 0 aliphatic rings. The van der Waals surface area contributed by atoms with Crippen LogP contribution in [0.2, 0.25) is 0 Å². The van der Waals surface area contributed by atoms with Crippen molar-refractivity contribution >= 4 is 17.5 Å². The highest BCUT2D eigenvalue weighted by Crippen LogP contribution is 2.24. The van der Waals surface area contributed by atoms with Crippen LogP contribution in [-0.2, 0) is 14.3 Å². The fourth-order valence-electron chi connectivity index (χ4n) is 2.13. The summed E-state index contributed by atoms with van der Waals surface area (Å²) in [5.41, 5.74) is 2.91. The Balaban J connectivity index is 2.39.